The highest BCUT2D eigenvalue weighted by atomic mass is 16.2. The van der Waals surface area contributed by atoms with E-state index in [-0.39, 0.29) is 11.8 Å². The summed E-state index contributed by atoms with van der Waals surface area (Å²) in [4.78, 5) is 27.6. The highest BCUT2D eigenvalue weighted by Crippen LogP contribution is 2.36. The van der Waals surface area contributed by atoms with Crippen LogP contribution >= 0.6 is 0 Å². The summed E-state index contributed by atoms with van der Waals surface area (Å²) in [6.45, 7) is 0. The minimum atomic E-state index is -0.350. The molecule has 1 aliphatic rings. The van der Waals surface area contributed by atoms with Crippen molar-refractivity contribution in [2.45, 2.75) is 0 Å². The summed E-state index contributed by atoms with van der Waals surface area (Å²) in [5.41, 5.74) is 3.97. The summed E-state index contributed by atoms with van der Waals surface area (Å²) >= 11 is 0. The van der Waals surface area contributed by atoms with Crippen LogP contribution in [-0.4, -0.2) is 16.8 Å². The molecule has 3 aromatic rings. The number of amides is 2. The zero-order chi connectivity index (χ0) is 15.1. The summed E-state index contributed by atoms with van der Waals surface area (Å²) in [5, 5.41) is 2.38. The first-order valence-corrected chi connectivity index (χ1v) is 6.98. The van der Waals surface area contributed by atoms with Crippen LogP contribution in [0.5, 0.6) is 0 Å². The first-order chi connectivity index (χ1) is 10.8. The smallest absolute Gasteiger partial charge is 0.261 e. The van der Waals surface area contributed by atoms with Crippen LogP contribution in [0.1, 0.15) is 20.7 Å². The molecule has 2 aromatic carbocycles. The SMILES string of the molecule is O=C1NC(=O)c2c(-c3ccccc3)[nH]c(-c3ccccc3)c21. The van der Waals surface area contributed by atoms with Crippen LogP contribution in [0.2, 0.25) is 0 Å². The van der Waals surface area contributed by atoms with Gasteiger partial charge in [-0.25, -0.2) is 0 Å². The monoisotopic (exact) mass is 288 g/mol. The van der Waals surface area contributed by atoms with Crippen molar-refractivity contribution in [1.29, 1.82) is 0 Å². The van der Waals surface area contributed by atoms with Gasteiger partial charge in [-0.15, -0.1) is 0 Å². The van der Waals surface area contributed by atoms with Gasteiger partial charge in [-0.1, -0.05) is 60.7 Å². The fourth-order valence-electron chi connectivity index (χ4n) is 2.82. The summed E-state index contributed by atoms with van der Waals surface area (Å²) < 4.78 is 0. The van der Waals surface area contributed by atoms with Crippen molar-refractivity contribution in [1.82, 2.24) is 10.3 Å². The lowest BCUT2D eigenvalue weighted by molar-refractivity contribution is 0.0879. The Morgan fingerprint density at radius 1 is 0.591 bits per heavy atom. The van der Waals surface area contributed by atoms with Gasteiger partial charge in [0.25, 0.3) is 11.8 Å². The van der Waals surface area contributed by atoms with Crippen LogP contribution in [0.3, 0.4) is 0 Å². The highest BCUT2D eigenvalue weighted by Gasteiger charge is 2.35. The Morgan fingerprint density at radius 3 is 1.41 bits per heavy atom. The minimum Gasteiger partial charge on any atom is -0.353 e. The molecule has 0 atom stereocenters. The van der Waals surface area contributed by atoms with Crippen LogP contribution in [0, 0.1) is 0 Å². The lowest BCUT2D eigenvalue weighted by Crippen LogP contribution is -2.21. The van der Waals surface area contributed by atoms with E-state index < -0.39 is 0 Å². The van der Waals surface area contributed by atoms with Gasteiger partial charge in [0, 0.05) is 0 Å². The highest BCUT2D eigenvalue weighted by molar-refractivity contribution is 6.26. The lowest BCUT2D eigenvalue weighted by atomic mass is 10.0. The third-order valence-corrected chi connectivity index (χ3v) is 3.81. The molecule has 106 valence electrons. The largest absolute Gasteiger partial charge is 0.353 e. The molecule has 0 aliphatic carbocycles. The van der Waals surface area contributed by atoms with Crippen molar-refractivity contribution in [3.05, 3.63) is 71.8 Å². The average molecular weight is 288 g/mol. The van der Waals surface area contributed by atoms with E-state index in [2.05, 4.69) is 10.3 Å². The van der Waals surface area contributed by atoms with E-state index >= 15 is 0 Å². The number of carbonyl (C=O) groups is 2. The predicted molar refractivity (Wildman–Crippen MR) is 83.5 cm³/mol. The zero-order valence-electron chi connectivity index (χ0n) is 11.6. The van der Waals surface area contributed by atoms with Gasteiger partial charge < -0.3 is 4.98 Å². The zero-order valence-corrected chi connectivity index (χ0v) is 11.6. The van der Waals surface area contributed by atoms with Gasteiger partial charge in [0.2, 0.25) is 0 Å². The second-order valence-corrected chi connectivity index (χ2v) is 5.14. The molecule has 0 fully saturated rings. The van der Waals surface area contributed by atoms with E-state index in [1.54, 1.807) is 0 Å². The van der Waals surface area contributed by atoms with Gasteiger partial charge in [-0.05, 0) is 11.1 Å². The maximum atomic E-state index is 12.2. The van der Waals surface area contributed by atoms with E-state index in [1.807, 2.05) is 60.7 Å². The topological polar surface area (TPSA) is 62.0 Å². The number of fused-ring (bicyclic) bond motifs is 1. The molecule has 0 bridgehead atoms. The molecule has 0 saturated carbocycles. The number of hydrogen-bond acceptors (Lipinski definition) is 2. The number of carbonyl (C=O) groups excluding carboxylic acids is 2. The van der Waals surface area contributed by atoms with Crippen molar-refractivity contribution in [3.8, 4) is 22.5 Å². The molecule has 2 heterocycles. The fraction of sp³-hybridized carbons (Fsp3) is 0. The van der Waals surface area contributed by atoms with Crippen molar-refractivity contribution in [2.75, 3.05) is 0 Å². The predicted octanol–water partition coefficient (Wildman–Crippen LogP) is 3.23. The molecular formula is C18H12N2O2. The van der Waals surface area contributed by atoms with Gasteiger partial charge in [-0.2, -0.15) is 0 Å². The number of aromatic amines is 1. The maximum Gasteiger partial charge on any atom is 0.261 e. The number of nitrogens with one attached hydrogen (secondary N) is 2. The van der Waals surface area contributed by atoms with Crippen LogP contribution in [-0.2, 0) is 0 Å². The van der Waals surface area contributed by atoms with Gasteiger partial charge in [0.1, 0.15) is 0 Å². The molecule has 1 aliphatic heterocycles. The third-order valence-electron chi connectivity index (χ3n) is 3.81. The van der Waals surface area contributed by atoms with Gasteiger partial charge >= 0.3 is 0 Å². The summed E-state index contributed by atoms with van der Waals surface area (Å²) in [5.74, 6) is -0.699. The number of imide groups is 1. The molecule has 1 aromatic heterocycles. The van der Waals surface area contributed by atoms with Crippen LogP contribution in [0.4, 0.5) is 0 Å². The quantitative estimate of drug-likeness (QED) is 0.711. The molecule has 22 heavy (non-hydrogen) atoms. The van der Waals surface area contributed by atoms with Crippen LogP contribution < -0.4 is 5.32 Å². The summed E-state index contributed by atoms with van der Waals surface area (Å²) in [7, 11) is 0. The molecule has 4 rings (SSSR count). The Hall–Kier alpha value is -3.14. The number of aromatic nitrogens is 1. The lowest BCUT2D eigenvalue weighted by Gasteiger charge is -2.02. The molecule has 0 unspecified atom stereocenters. The number of benzene rings is 2. The van der Waals surface area contributed by atoms with Gasteiger partial charge in [0.15, 0.2) is 0 Å². The number of H-pyrrole nitrogens is 1. The molecule has 0 saturated heterocycles. The Morgan fingerprint density at radius 2 is 1.00 bits per heavy atom. The first kappa shape index (κ1) is 12.6. The Balaban J connectivity index is 2.01. The maximum absolute atomic E-state index is 12.2. The van der Waals surface area contributed by atoms with E-state index in [9.17, 15) is 9.59 Å². The molecule has 4 heteroatoms. The Labute approximate surface area is 126 Å². The second-order valence-electron chi connectivity index (χ2n) is 5.14. The minimum absolute atomic E-state index is 0.350. The molecule has 4 nitrogen and oxygen atoms in total. The molecule has 0 spiro atoms. The normalized spacial score (nSPS) is 13.1. The third kappa shape index (κ3) is 1.78. The summed E-state index contributed by atoms with van der Waals surface area (Å²) in [6.07, 6.45) is 0. The Kier molecular flexibility index (Phi) is 2.69. The standard InChI is InChI=1S/C18H12N2O2/c21-17-13-14(18(22)20-17)16(12-9-5-2-6-10-12)19-15(13)11-7-3-1-4-8-11/h1-10,19H,(H,20,21,22). The van der Waals surface area contributed by atoms with E-state index in [0.29, 0.717) is 22.5 Å². The molecule has 2 amide bonds. The van der Waals surface area contributed by atoms with Crippen LogP contribution in [0.25, 0.3) is 22.5 Å². The van der Waals surface area contributed by atoms with E-state index in [0.717, 1.165) is 11.1 Å². The first-order valence-electron chi connectivity index (χ1n) is 6.98. The van der Waals surface area contributed by atoms with E-state index in [4.69, 9.17) is 0 Å². The number of rotatable bonds is 2. The fourth-order valence-corrected chi connectivity index (χ4v) is 2.82. The summed E-state index contributed by atoms with van der Waals surface area (Å²) in [6, 6.07) is 19.1. The number of hydrogen-bond donors (Lipinski definition) is 2. The van der Waals surface area contributed by atoms with Crippen molar-refractivity contribution in [2.24, 2.45) is 0 Å². The van der Waals surface area contributed by atoms with Gasteiger partial charge in [0.05, 0.1) is 22.5 Å². The van der Waals surface area contributed by atoms with Crippen LogP contribution in [0.15, 0.2) is 60.7 Å². The van der Waals surface area contributed by atoms with Crippen molar-refractivity contribution >= 4 is 11.8 Å². The molecule has 0 radical (unpaired) electrons. The van der Waals surface area contributed by atoms with Crippen molar-refractivity contribution < 1.29 is 9.59 Å². The Bertz CT molecular complexity index is 808. The van der Waals surface area contributed by atoms with E-state index in [1.165, 1.54) is 0 Å². The molecule has 2 N–H and O–H groups in total. The second kappa shape index (κ2) is 4.70. The molecular weight excluding hydrogens is 276 g/mol. The average Bonchev–Trinajstić information content (AvgIpc) is 3.09. The van der Waals surface area contributed by atoms with Gasteiger partial charge in [-0.3, -0.25) is 14.9 Å². The van der Waals surface area contributed by atoms with Crippen molar-refractivity contribution in [3.63, 3.8) is 0 Å².